The first-order chi connectivity index (χ1) is 19.2. The van der Waals surface area contributed by atoms with Crippen molar-refractivity contribution in [3.8, 4) is 11.5 Å². The molecule has 5 rings (SSSR count). The number of benzene rings is 3. The summed E-state index contributed by atoms with van der Waals surface area (Å²) in [7, 11) is 0. The number of Topliss-reactive ketones (excluding diaryl/α,β-unsaturated/α-hetero) is 1. The van der Waals surface area contributed by atoms with E-state index in [2.05, 4.69) is 27.9 Å². The fraction of sp³-hybridized carbons (Fsp3) is 0.226. The summed E-state index contributed by atoms with van der Waals surface area (Å²) in [6.07, 6.45) is 0. The minimum Gasteiger partial charge on any atom is -0.490 e. The minimum absolute atomic E-state index is 0.120. The van der Waals surface area contributed by atoms with Gasteiger partial charge in [0, 0.05) is 28.3 Å². The lowest BCUT2D eigenvalue weighted by Crippen LogP contribution is -2.29. The summed E-state index contributed by atoms with van der Waals surface area (Å²) in [5, 5.41) is 4.25. The van der Waals surface area contributed by atoms with Crippen molar-refractivity contribution < 1.29 is 23.8 Å². The molecule has 0 saturated carbocycles. The lowest BCUT2D eigenvalue weighted by atomic mass is 9.79. The van der Waals surface area contributed by atoms with Crippen molar-refractivity contribution in [2.75, 3.05) is 13.2 Å². The molecular weight excluding hydrogens is 664 g/mol. The van der Waals surface area contributed by atoms with Gasteiger partial charge >= 0.3 is 5.97 Å². The van der Waals surface area contributed by atoms with Crippen LogP contribution in [0.3, 0.4) is 0 Å². The van der Waals surface area contributed by atoms with Crippen molar-refractivity contribution in [3.05, 3.63) is 107 Å². The number of rotatable bonds is 8. The van der Waals surface area contributed by atoms with Crippen LogP contribution in [0.1, 0.15) is 53.7 Å². The smallest absolute Gasteiger partial charge is 0.336 e. The van der Waals surface area contributed by atoms with Gasteiger partial charge in [0.05, 0.1) is 38.1 Å². The highest BCUT2D eigenvalue weighted by Gasteiger charge is 2.43. The number of carbonyl (C=O) groups is 2. The third kappa shape index (κ3) is 5.22. The molecule has 0 saturated heterocycles. The molecule has 1 N–H and O–H groups in total. The zero-order chi connectivity index (χ0) is 28.6. The maximum absolute atomic E-state index is 13.8. The molecule has 0 spiro atoms. The first-order valence-corrected chi connectivity index (χ1v) is 14.6. The Labute approximate surface area is 256 Å². The average Bonchev–Trinajstić information content (AvgIpc) is 3.20. The van der Waals surface area contributed by atoms with E-state index >= 15 is 0 Å². The molecule has 3 aromatic carbocycles. The maximum Gasteiger partial charge on any atom is 0.336 e. The van der Waals surface area contributed by atoms with Gasteiger partial charge in [-0.05, 0) is 78.8 Å². The standard InChI is InChI=1S/C31H26Cl2INO5/c1-4-38-24-14-18(13-23(34)30(24)40-15-17-10-11-21(32)22(33)12-17)26-25(31(37)39-5-2)16(3)35-28-19-8-6-7-9-20(19)29(36)27(26)28/h6-14,26,35H,4-5,15H2,1-3H3/t26-/m1/s1. The van der Waals surface area contributed by atoms with Crippen molar-refractivity contribution in [1.82, 2.24) is 5.32 Å². The number of hydrogen-bond donors (Lipinski definition) is 1. The third-order valence-electron chi connectivity index (χ3n) is 6.78. The van der Waals surface area contributed by atoms with Crippen LogP contribution >= 0.6 is 45.8 Å². The number of fused-ring (bicyclic) bond motifs is 2. The molecule has 2 aliphatic rings. The Hall–Kier alpha value is -3.01. The molecule has 1 aliphatic heterocycles. The normalized spacial score (nSPS) is 15.9. The van der Waals surface area contributed by atoms with Crippen LogP contribution in [0.15, 0.2) is 71.4 Å². The maximum atomic E-state index is 13.8. The first kappa shape index (κ1) is 28.5. The highest BCUT2D eigenvalue weighted by Crippen LogP contribution is 2.49. The highest BCUT2D eigenvalue weighted by molar-refractivity contribution is 14.1. The predicted molar refractivity (Wildman–Crippen MR) is 164 cm³/mol. The summed E-state index contributed by atoms with van der Waals surface area (Å²) in [6.45, 7) is 6.33. The van der Waals surface area contributed by atoms with Crippen molar-refractivity contribution in [2.45, 2.75) is 33.3 Å². The molecule has 0 aromatic heterocycles. The van der Waals surface area contributed by atoms with Gasteiger partial charge in [0.1, 0.15) is 6.61 Å². The van der Waals surface area contributed by atoms with Crippen molar-refractivity contribution in [2.24, 2.45) is 0 Å². The van der Waals surface area contributed by atoms with Crippen LogP contribution in [0.4, 0.5) is 0 Å². The van der Waals surface area contributed by atoms with Crippen LogP contribution in [0.5, 0.6) is 11.5 Å². The van der Waals surface area contributed by atoms with Gasteiger partial charge in [-0.3, -0.25) is 4.79 Å². The number of hydrogen-bond acceptors (Lipinski definition) is 6. The second-order valence-electron chi connectivity index (χ2n) is 9.28. The molecule has 6 nitrogen and oxygen atoms in total. The minimum atomic E-state index is -0.660. The number of ketones is 1. The number of allylic oxidation sites excluding steroid dienone is 2. The molecule has 206 valence electrons. The molecular formula is C31H26Cl2INO5. The summed E-state index contributed by atoms with van der Waals surface area (Å²) >= 11 is 14.4. The Morgan fingerprint density at radius 2 is 1.73 bits per heavy atom. The fourth-order valence-electron chi connectivity index (χ4n) is 5.08. The number of dihydropyridines is 1. The second-order valence-corrected chi connectivity index (χ2v) is 11.3. The summed E-state index contributed by atoms with van der Waals surface area (Å²) in [5.41, 5.74) is 5.25. The van der Waals surface area contributed by atoms with Gasteiger partial charge in [0.15, 0.2) is 17.3 Å². The zero-order valence-electron chi connectivity index (χ0n) is 22.1. The summed E-state index contributed by atoms with van der Waals surface area (Å²) in [6, 6.07) is 16.6. The summed E-state index contributed by atoms with van der Waals surface area (Å²) in [4.78, 5) is 27.1. The van der Waals surface area contributed by atoms with Gasteiger partial charge in [-0.15, -0.1) is 0 Å². The van der Waals surface area contributed by atoms with E-state index in [4.69, 9.17) is 37.4 Å². The quantitative estimate of drug-likeness (QED) is 0.193. The van der Waals surface area contributed by atoms with Gasteiger partial charge < -0.3 is 19.5 Å². The molecule has 9 heteroatoms. The topological polar surface area (TPSA) is 73.9 Å². The molecule has 40 heavy (non-hydrogen) atoms. The van der Waals surface area contributed by atoms with Gasteiger partial charge in [-0.1, -0.05) is 53.5 Å². The Kier molecular flexibility index (Phi) is 8.44. The van der Waals surface area contributed by atoms with Crippen LogP contribution in [0.25, 0.3) is 5.70 Å². The molecule has 0 radical (unpaired) electrons. The van der Waals surface area contributed by atoms with E-state index in [9.17, 15) is 9.59 Å². The molecule has 1 aliphatic carbocycles. The predicted octanol–water partition coefficient (Wildman–Crippen LogP) is 7.71. The first-order valence-electron chi connectivity index (χ1n) is 12.8. The Morgan fingerprint density at radius 1 is 0.975 bits per heavy atom. The molecule has 3 aromatic rings. The van der Waals surface area contributed by atoms with Crippen LogP contribution in [-0.4, -0.2) is 25.0 Å². The van der Waals surface area contributed by atoms with E-state index in [1.54, 1.807) is 19.1 Å². The fourth-order valence-corrected chi connectivity index (χ4v) is 6.19. The number of esters is 1. The lowest BCUT2D eigenvalue weighted by molar-refractivity contribution is -0.138. The molecule has 0 unspecified atom stereocenters. The Morgan fingerprint density at radius 3 is 2.42 bits per heavy atom. The highest BCUT2D eigenvalue weighted by atomic mass is 127. The van der Waals surface area contributed by atoms with Crippen molar-refractivity contribution >= 4 is 63.2 Å². The molecule has 0 bridgehead atoms. The van der Waals surface area contributed by atoms with Crippen molar-refractivity contribution in [1.29, 1.82) is 0 Å². The second kappa shape index (κ2) is 11.8. The molecule has 0 fully saturated rings. The Balaban J connectivity index is 1.61. The molecule has 0 amide bonds. The number of ether oxygens (including phenoxy) is 3. The van der Waals surface area contributed by atoms with E-state index in [1.165, 1.54) is 0 Å². The largest absolute Gasteiger partial charge is 0.490 e. The number of halogens is 3. The number of nitrogens with one attached hydrogen (secondary N) is 1. The number of carbonyl (C=O) groups excluding carboxylic acids is 2. The average molecular weight is 690 g/mol. The van der Waals surface area contributed by atoms with Gasteiger partial charge in [-0.2, -0.15) is 0 Å². The van der Waals surface area contributed by atoms with E-state index in [0.717, 1.165) is 20.3 Å². The molecule has 1 heterocycles. The summed E-state index contributed by atoms with van der Waals surface area (Å²) < 4.78 is 18.5. The third-order valence-corrected chi connectivity index (χ3v) is 8.32. The van der Waals surface area contributed by atoms with E-state index in [1.807, 2.05) is 56.3 Å². The zero-order valence-corrected chi connectivity index (χ0v) is 25.7. The van der Waals surface area contributed by atoms with Crippen LogP contribution in [-0.2, 0) is 16.1 Å². The SMILES string of the molecule is CCOC(=O)C1=C(C)NC2=C(C(=O)c3ccccc32)[C@@H]1c1cc(I)c(OCc2ccc(Cl)c(Cl)c2)c(OCC)c1. The van der Waals surface area contributed by atoms with Gasteiger partial charge in [-0.25, -0.2) is 4.79 Å². The van der Waals surface area contributed by atoms with E-state index < -0.39 is 11.9 Å². The van der Waals surface area contributed by atoms with Crippen LogP contribution in [0.2, 0.25) is 10.0 Å². The molecule has 1 atom stereocenters. The van der Waals surface area contributed by atoms with Gasteiger partial charge in [0.2, 0.25) is 0 Å². The van der Waals surface area contributed by atoms with Crippen LogP contribution < -0.4 is 14.8 Å². The summed E-state index contributed by atoms with van der Waals surface area (Å²) in [5.74, 6) is -0.188. The van der Waals surface area contributed by atoms with E-state index in [0.29, 0.717) is 56.3 Å². The van der Waals surface area contributed by atoms with Crippen molar-refractivity contribution in [3.63, 3.8) is 0 Å². The monoisotopic (exact) mass is 689 g/mol. The van der Waals surface area contributed by atoms with Crippen LogP contribution in [0, 0.1) is 3.57 Å². The Bertz CT molecular complexity index is 1600. The van der Waals surface area contributed by atoms with Gasteiger partial charge in [0.25, 0.3) is 0 Å². The van der Waals surface area contributed by atoms with E-state index in [-0.39, 0.29) is 19.0 Å². The lowest BCUT2D eigenvalue weighted by Gasteiger charge is -2.30.